The Hall–Kier alpha value is -2.48. The minimum Gasteiger partial charge on any atom is -0.336 e. The number of amides is 2. The molecule has 0 atom stereocenters. The van der Waals surface area contributed by atoms with Gasteiger partial charge in [-0.2, -0.15) is 0 Å². The van der Waals surface area contributed by atoms with Crippen LogP contribution in [0.4, 0.5) is 11.4 Å². The lowest BCUT2D eigenvalue weighted by molar-refractivity contribution is -0.384. The molecule has 0 radical (unpaired) electrons. The van der Waals surface area contributed by atoms with E-state index in [9.17, 15) is 19.7 Å². The quantitative estimate of drug-likeness (QED) is 0.662. The first-order chi connectivity index (χ1) is 10.4. The van der Waals surface area contributed by atoms with Crippen LogP contribution in [0.1, 0.15) is 17.3 Å². The van der Waals surface area contributed by atoms with Crippen LogP contribution in [0.3, 0.4) is 0 Å². The molecule has 0 unspecified atom stereocenters. The molecule has 0 saturated carbocycles. The molecule has 1 aliphatic heterocycles. The molecular formula is C14H18N4O4. The van der Waals surface area contributed by atoms with Gasteiger partial charge in [-0.05, 0) is 13.1 Å². The lowest BCUT2D eigenvalue weighted by Gasteiger charge is -2.32. The highest BCUT2D eigenvalue weighted by molar-refractivity contribution is 6.03. The number of non-ortho nitro benzene ring substituents is 1. The molecule has 0 bridgehead atoms. The molecule has 1 saturated heterocycles. The van der Waals surface area contributed by atoms with Gasteiger partial charge in [0, 0.05) is 45.2 Å². The number of hydrogen-bond donors (Lipinski definition) is 1. The van der Waals surface area contributed by atoms with Crippen LogP contribution in [0.15, 0.2) is 18.2 Å². The average Bonchev–Trinajstić information content (AvgIpc) is 2.46. The number of nitro groups is 1. The van der Waals surface area contributed by atoms with Crippen molar-refractivity contribution in [2.24, 2.45) is 0 Å². The first-order valence-corrected chi connectivity index (χ1v) is 6.92. The molecule has 1 aliphatic rings. The predicted molar refractivity (Wildman–Crippen MR) is 80.8 cm³/mol. The van der Waals surface area contributed by atoms with E-state index in [1.165, 1.54) is 25.1 Å². The van der Waals surface area contributed by atoms with Crippen molar-refractivity contribution >= 4 is 23.2 Å². The van der Waals surface area contributed by atoms with Gasteiger partial charge >= 0.3 is 0 Å². The second-order valence-electron chi connectivity index (χ2n) is 5.26. The molecule has 0 spiro atoms. The van der Waals surface area contributed by atoms with Crippen LogP contribution >= 0.6 is 0 Å². The topological polar surface area (TPSA) is 95.8 Å². The summed E-state index contributed by atoms with van der Waals surface area (Å²) < 4.78 is 0. The first kappa shape index (κ1) is 15.9. The summed E-state index contributed by atoms with van der Waals surface area (Å²) in [6.07, 6.45) is 0. The molecule has 1 fully saturated rings. The smallest absolute Gasteiger partial charge is 0.271 e. The van der Waals surface area contributed by atoms with E-state index in [1.54, 1.807) is 4.90 Å². The summed E-state index contributed by atoms with van der Waals surface area (Å²) in [5, 5.41) is 13.3. The number of likely N-dealkylation sites (N-methyl/N-ethyl adjacent to an activating group) is 1. The van der Waals surface area contributed by atoms with Gasteiger partial charge in [-0.3, -0.25) is 19.7 Å². The maximum atomic E-state index is 12.6. The van der Waals surface area contributed by atoms with Crippen LogP contribution in [0, 0.1) is 10.1 Å². The molecule has 2 amide bonds. The van der Waals surface area contributed by atoms with Crippen molar-refractivity contribution in [3.05, 3.63) is 33.9 Å². The number of anilines is 1. The Morgan fingerprint density at radius 3 is 2.41 bits per heavy atom. The molecule has 22 heavy (non-hydrogen) atoms. The first-order valence-electron chi connectivity index (χ1n) is 6.92. The Bertz CT molecular complexity index is 609. The Kier molecular flexibility index (Phi) is 4.71. The second-order valence-corrected chi connectivity index (χ2v) is 5.26. The summed E-state index contributed by atoms with van der Waals surface area (Å²) in [4.78, 5) is 37.9. The lowest BCUT2D eigenvalue weighted by atomic mass is 10.1. The minimum absolute atomic E-state index is 0.168. The van der Waals surface area contributed by atoms with Gasteiger partial charge in [0.25, 0.3) is 11.6 Å². The second kappa shape index (κ2) is 6.52. The third-order valence-electron chi connectivity index (χ3n) is 3.55. The number of carbonyl (C=O) groups is 2. The summed E-state index contributed by atoms with van der Waals surface area (Å²) >= 11 is 0. The fraction of sp³-hybridized carbons (Fsp3) is 0.429. The van der Waals surface area contributed by atoms with Crippen LogP contribution < -0.4 is 5.32 Å². The zero-order valence-electron chi connectivity index (χ0n) is 12.5. The van der Waals surface area contributed by atoms with E-state index in [1.807, 2.05) is 7.05 Å². The van der Waals surface area contributed by atoms with E-state index in [0.29, 0.717) is 13.1 Å². The van der Waals surface area contributed by atoms with E-state index in [2.05, 4.69) is 10.2 Å². The third kappa shape index (κ3) is 3.59. The van der Waals surface area contributed by atoms with Crippen molar-refractivity contribution in [3.63, 3.8) is 0 Å². The van der Waals surface area contributed by atoms with E-state index in [-0.39, 0.29) is 28.8 Å². The normalized spacial score (nSPS) is 15.5. The molecule has 1 aromatic carbocycles. The highest BCUT2D eigenvalue weighted by Gasteiger charge is 2.24. The van der Waals surface area contributed by atoms with Gasteiger partial charge < -0.3 is 15.1 Å². The third-order valence-corrected chi connectivity index (χ3v) is 3.55. The van der Waals surface area contributed by atoms with E-state index in [0.717, 1.165) is 13.1 Å². The number of piperazine rings is 1. The maximum absolute atomic E-state index is 12.6. The number of benzene rings is 1. The molecular weight excluding hydrogens is 288 g/mol. The predicted octanol–water partition coefficient (Wildman–Crippen LogP) is 0.941. The monoisotopic (exact) mass is 306 g/mol. The van der Waals surface area contributed by atoms with Gasteiger partial charge in [0.2, 0.25) is 5.91 Å². The number of nitro benzene ring substituents is 1. The van der Waals surface area contributed by atoms with Crippen LogP contribution in [0.25, 0.3) is 0 Å². The van der Waals surface area contributed by atoms with Gasteiger partial charge in [0.1, 0.15) is 0 Å². The van der Waals surface area contributed by atoms with Gasteiger partial charge in [-0.25, -0.2) is 0 Å². The van der Waals surface area contributed by atoms with Crippen molar-refractivity contribution in [3.8, 4) is 0 Å². The summed E-state index contributed by atoms with van der Waals surface area (Å²) in [6.45, 7) is 4.02. The van der Waals surface area contributed by atoms with Gasteiger partial charge in [0.05, 0.1) is 16.2 Å². The largest absolute Gasteiger partial charge is 0.336 e. The number of nitrogens with one attached hydrogen (secondary N) is 1. The van der Waals surface area contributed by atoms with Crippen molar-refractivity contribution in [2.75, 3.05) is 38.5 Å². The summed E-state index contributed by atoms with van der Waals surface area (Å²) in [5.74, 6) is -0.611. The highest BCUT2D eigenvalue weighted by atomic mass is 16.6. The molecule has 8 heteroatoms. The zero-order valence-corrected chi connectivity index (χ0v) is 12.5. The van der Waals surface area contributed by atoms with Gasteiger partial charge in [-0.1, -0.05) is 0 Å². The van der Waals surface area contributed by atoms with Crippen molar-refractivity contribution in [2.45, 2.75) is 6.92 Å². The average molecular weight is 306 g/mol. The molecule has 8 nitrogen and oxygen atoms in total. The number of nitrogens with zero attached hydrogens (tertiary/aromatic N) is 3. The zero-order chi connectivity index (χ0) is 16.3. The fourth-order valence-corrected chi connectivity index (χ4v) is 2.31. The minimum atomic E-state index is -0.560. The van der Waals surface area contributed by atoms with E-state index < -0.39 is 4.92 Å². The number of hydrogen-bond acceptors (Lipinski definition) is 5. The highest BCUT2D eigenvalue weighted by Crippen LogP contribution is 2.24. The van der Waals surface area contributed by atoms with E-state index >= 15 is 0 Å². The van der Waals surface area contributed by atoms with Crippen LogP contribution in [0.5, 0.6) is 0 Å². The van der Waals surface area contributed by atoms with E-state index in [4.69, 9.17) is 0 Å². The Labute approximate surface area is 127 Å². The summed E-state index contributed by atoms with van der Waals surface area (Å²) in [7, 11) is 1.98. The summed E-state index contributed by atoms with van der Waals surface area (Å²) in [5.41, 5.74) is 0.273. The van der Waals surface area contributed by atoms with Gasteiger partial charge in [-0.15, -0.1) is 0 Å². The number of rotatable bonds is 3. The molecule has 1 N–H and O–H groups in total. The summed E-state index contributed by atoms with van der Waals surface area (Å²) in [6, 6.07) is 3.88. The van der Waals surface area contributed by atoms with Crippen molar-refractivity contribution < 1.29 is 14.5 Å². The maximum Gasteiger partial charge on any atom is 0.271 e. The Balaban J connectivity index is 2.30. The Morgan fingerprint density at radius 1 is 1.23 bits per heavy atom. The van der Waals surface area contributed by atoms with Crippen molar-refractivity contribution in [1.82, 2.24) is 9.80 Å². The van der Waals surface area contributed by atoms with Crippen LogP contribution in [-0.2, 0) is 4.79 Å². The van der Waals surface area contributed by atoms with Crippen LogP contribution in [-0.4, -0.2) is 59.8 Å². The SMILES string of the molecule is CC(=O)Nc1cc([N+](=O)[O-])ccc1C(=O)N1CCN(C)CC1. The Morgan fingerprint density at radius 2 is 1.86 bits per heavy atom. The molecule has 2 rings (SSSR count). The lowest BCUT2D eigenvalue weighted by Crippen LogP contribution is -2.47. The molecule has 0 aromatic heterocycles. The standard InChI is InChI=1S/C14H18N4O4/c1-10(19)15-13-9-11(18(21)22)3-4-12(13)14(20)17-7-5-16(2)6-8-17/h3-4,9H,5-8H2,1-2H3,(H,15,19). The molecule has 118 valence electrons. The van der Waals surface area contributed by atoms with Gasteiger partial charge in [0.15, 0.2) is 0 Å². The molecule has 1 aromatic rings. The fourth-order valence-electron chi connectivity index (χ4n) is 2.31. The molecule has 1 heterocycles. The number of carbonyl (C=O) groups excluding carboxylic acids is 2. The molecule has 0 aliphatic carbocycles. The van der Waals surface area contributed by atoms with Crippen molar-refractivity contribution in [1.29, 1.82) is 0 Å². The van der Waals surface area contributed by atoms with Crippen LogP contribution in [0.2, 0.25) is 0 Å².